The molecule has 0 aromatic heterocycles. The number of rotatable bonds is 7. The van der Waals surface area contributed by atoms with E-state index in [0.717, 1.165) is 0 Å². The number of halogens is 1. The molecule has 1 atom stereocenters. The van der Waals surface area contributed by atoms with E-state index in [1.807, 2.05) is 0 Å². The van der Waals surface area contributed by atoms with Gasteiger partial charge in [0.2, 0.25) is 0 Å². The molecule has 3 nitrogen and oxygen atoms in total. The summed E-state index contributed by atoms with van der Waals surface area (Å²) in [7, 11) is 0. The van der Waals surface area contributed by atoms with Crippen LogP contribution in [-0.2, 0) is 0 Å². The fourth-order valence-electron chi connectivity index (χ4n) is 1.52. The maximum atomic E-state index is 9.86. The number of hydrogen-bond donors (Lipinski definition) is 1. The van der Waals surface area contributed by atoms with Crippen LogP contribution < -0.4 is 4.74 Å². The predicted octanol–water partition coefficient (Wildman–Crippen LogP) is 1.65. The molecular formula is C15H16ClNO2. The van der Waals surface area contributed by atoms with E-state index in [4.69, 9.17) is 29.2 Å². The molecule has 1 unspecified atom stereocenters. The minimum Gasteiger partial charge on any atom is -0.491 e. The Kier molecular flexibility index (Phi) is 6.85. The number of nitrogens with zero attached hydrogens (tertiary/aromatic N) is 1. The first kappa shape index (κ1) is 15.4. The Morgan fingerprint density at radius 2 is 1.79 bits per heavy atom. The van der Waals surface area contributed by atoms with Crippen molar-refractivity contribution in [2.75, 3.05) is 26.2 Å². The molecule has 0 fully saturated rings. The highest BCUT2D eigenvalue weighted by atomic mass is 35.5. The third-order valence-electron chi connectivity index (χ3n) is 2.35. The first-order chi connectivity index (χ1) is 9.15. The van der Waals surface area contributed by atoms with Gasteiger partial charge in [-0.05, 0) is 24.3 Å². The molecule has 0 aliphatic rings. The van der Waals surface area contributed by atoms with Crippen molar-refractivity contribution in [2.24, 2.45) is 0 Å². The van der Waals surface area contributed by atoms with E-state index in [0.29, 0.717) is 30.4 Å². The van der Waals surface area contributed by atoms with E-state index in [9.17, 15) is 5.11 Å². The van der Waals surface area contributed by atoms with Crippen molar-refractivity contribution in [2.45, 2.75) is 6.10 Å². The van der Waals surface area contributed by atoms with Crippen LogP contribution in [0.3, 0.4) is 0 Å². The second-order valence-corrected chi connectivity index (χ2v) is 4.43. The van der Waals surface area contributed by atoms with Crippen LogP contribution >= 0.6 is 11.6 Å². The van der Waals surface area contributed by atoms with Crippen molar-refractivity contribution >= 4 is 11.6 Å². The van der Waals surface area contributed by atoms with Gasteiger partial charge in [0.15, 0.2) is 0 Å². The molecule has 0 aliphatic heterocycles. The normalized spacial score (nSPS) is 11.6. The summed E-state index contributed by atoms with van der Waals surface area (Å²) in [6.45, 7) is 1.36. The minimum absolute atomic E-state index is 0.174. The van der Waals surface area contributed by atoms with Gasteiger partial charge in [0.05, 0.1) is 13.1 Å². The molecule has 0 saturated heterocycles. The summed E-state index contributed by atoms with van der Waals surface area (Å²) in [5.41, 5.74) is 0. The highest BCUT2D eigenvalue weighted by molar-refractivity contribution is 6.30. The molecule has 0 heterocycles. The van der Waals surface area contributed by atoms with Crippen molar-refractivity contribution in [1.82, 2.24) is 4.90 Å². The Balaban J connectivity index is 2.38. The third kappa shape index (κ3) is 6.18. The summed E-state index contributed by atoms with van der Waals surface area (Å²) < 4.78 is 5.44. The second-order valence-electron chi connectivity index (χ2n) is 4.00. The van der Waals surface area contributed by atoms with E-state index in [1.54, 1.807) is 29.2 Å². The van der Waals surface area contributed by atoms with E-state index in [-0.39, 0.29) is 6.61 Å². The topological polar surface area (TPSA) is 32.7 Å². The van der Waals surface area contributed by atoms with Crippen LogP contribution in [0, 0.1) is 24.7 Å². The van der Waals surface area contributed by atoms with Gasteiger partial charge in [0.25, 0.3) is 0 Å². The van der Waals surface area contributed by atoms with Crippen molar-refractivity contribution in [3.05, 3.63) is 29.3 Å². The van der Waals surface area contributed by atoms with Crippen LogP contribution in [0.25, 0.3) is 0 Å². The van der Waals surface area contributed by atoms with Gasteiger partial charge in [-0.15, -0.1) is 12.8 Å². The molecule has 1 N–H and O–H groups in total. The summed E-state index contributed by atoms with van der Waals surface area (Å²) in [4.78, 5) is 1.80. The number of aliphatic hydroxyl groups excluding tert-OH is 1. The third-order valence-corrected chi connectivity index (χ3v) is 2.61. The van der Waals surface area contributed by atoms with Crippen LogP contribution in [-0.4, -0.2) is 42.4 Å². The fourth-order valence-corrected chi connectivity index (χ4v) is 1.64. The maximum absolute atomic E-state index is 9.86. The molecule has 0 spiro atoms. The number of hydrogen-bond acceptors (Lipinski definition) is 3. The van der Waals surface area contributed by atoms with Gasteiger partial charge in [-0.3, -0.25) is 4.90 Å². The van der Waals surface area contributed by atoms with Gasteiger partial charge in [-0.25, -0.2) is 0 Å². The zero-order valence-electron chi connectivity index (χ0n) is 10.6. The van der Waals surface area contributed by atoms with Gasteiger partial charge >= 0.3 is 0 Å². The Labute approximate surface area is 119 Å². The Hall–Kier alpha value is -1.65. The molecule has 1 rings (SSSR count). The Morgan fingerprint density at radius 3 is 2.32 bits per heavy atom. The standard InChI is InChI=1S/C15H16ClNO2/c1-3-9-17(10-4-2)11-14(18)12-19-15-7-5-13(16)6-8-15/h1-2,5-8,14,18H,9-12H2. The zero-order chi connectivity index (χ0) is 14.1. The van der Waals surface area contributed by atoms with Crippen LogP contribution in [0.1, 0.15) is 0 Å². The predicted molar refractivity (Wildman–Crippen MR) is 77.1 cm³/mol. The van der Waals surface area contributed by atoms with Crippen LogP contribution in [0.2, 0.25) is 5.02 Å². The van der Waals surface area contributed by atoms with Gasteiger partial charge in [-0.2, -0.15) is 0 Å². The minimum atomic E-state index is -0.655. The van der Waals surface area contributed by atoms with Crippen LogP contribution in [0.4, 0.5) is 0 Å². The SMILES string of the molecule is C#CCN(CC#C)CC(O)COc1ccc(Cl)cc1. The van der Waals surface area contributed by atoms with Gasteiger partial charge in [0, 0.05) is 11.6 Å². The van der Waals surface area contributed by atoms with Crippen LogP contribution in [0.15, 0.2) is 24.3 Å². The lowest BCUT2D eigenvalue weighted by Crippen LogP contribution is -2.36. The smallest absolute Gasteiger partial charge is 0.119 e. The molecule has 0 aliphatic carbocycles. The zero-order valence-corrected chi connectivity index (χ0v) is 11.3. The van der Waals surface area contributed by atoms with Crippen molar-refractivity contribution in [3.8, 4) is 30.4 Å². The molecule has 1 aromatic rings. The van der Waals surface area contributed by atoms with E-state index >= 15 is 0 Å². The highest BCUT2D eigenvalue weighted by Crippen LogP contribution is 2.15. The molecule has 100 valence electrons. The number of terminal acetylenes is 2. The Morgan fingerprint density at radius 1 is 1.21 bits per heavy atom. The summed E-state index contributed by atoms with van der Waals surface area (Å²) >= 11 is 5.76. The molecule has 4 heteroatoms. The first-order valence-corrected chi connectivity index (χ1v) is 6.19. The molecule has 0 saturated carbocycles. The lowest BCUT2D eigenvalue weighted by molar-refractivity contribution is 0.0766. The van der Waals surface area contributed by atoms with Gasteiger partial charge < -0.3 is 9.84 Å². The Bertz CT molecular complexity index is 443. The quantitative estimate of drug-likeness (QED) is 0.770. The van der Waals surface area contributed by atoms with Gasteiger partial charge in [-0.1, -0.05) is 23.4 Å². The average Bonchev–Trinajstić information content (AvgIpc) is 2.39. The monoisotopic (exact) mass is 277 g/mol. The summed E-state index contributed by atoms with van der Waals surface area (Å²) in [5.74, 6) is 5.66. The number of aliphatic hydroxyl groups is 1. The number of benzene rings is 1. The van der Waals surface area contributed by atoms with Crippen molar-refractivity contribution < 1.29 is 9.84 Å². The molecular weight excluding hydrogens is 262 g/mol. The fraction of sp³-hybridized carbons (Fsp3) is 0.333. The second kappa shape index (κ2) is 8.45. The van der Waals surface area contributed by atoms with E-state index in [1.165, 1.54) is 0 Å². The molecule has 1 aromatic carbocycles. The summed E-state index contributed by atoms with van der Waals surface area (Å²) in [6, 6.07) is 6.95. The van der Waals surface area contributed by atoms with Gasteiger partial charge in [0.1, 0.15) is 18.5 Å². The van der Waals surface area contributed by atoms with E-state index in [2.05, 4.69) is 11.8 Å². The lowest BCUT2D eigenvalue weighted by atomic mass is 10.3. The molecule has 0 radical (unpaired) electrons. The molecule has 19 heavy (non-hydrogen) atoms. The summed E-state index contributed by atoms with van der Waals surface area (Å²) in [6.07, 6.45) is 9.80. The largest absolute Gasteiger partial charge is 0.491 e. The summed E-state index contributed by atoms with van der Waals surface area (Å²) in [5, 5.41) is 10.5. The van der Waals surface area contributed by atoms with E-state index < -0.39 is 6.10 Å². The van der Waals surface area contributed by atoms with Crippen molar-refractivity contribution in [3.63, 3.8) is 0 Å². The number of ether oxygens (including phenoxy) is 1. The maximum Gasteiger partial charge on any atom is 0.119 e. The highest BCUT2D eigenvalue weighted by Gasteiger charge is 2.10. The molecule has 0 bridgehead atoms. The lowest BCUT2D eigenvalue weighted by Gasteiger charge is -2.20. The van der Waals surface area contributed by atoms with Crippen LogP contribution in [0.5, 0.6) is 5.75 Å². The molecule has 0 amide bonds. The first-order valence-electron chi connectivity index (χ1n) is 5.81. The average molecular weight is 278 g/mol. The van der Waals surface area contributed by atoms with Crippen molar-refractivity contribution in [1.29, 1.82) is 0 Å².